The summed E-state index contributed by atoms with van der Waals surface area (Å²) in [6, 6.07) is 9.95. The predicted molar refractivity (Wildman–Crippen MR) is 87.1 cm³/mol. The fraction of sp³-hybridized carbons (Fsp3) is 0.375. The second-order valence-electron chi connectivity index (χ2n) is 5.70. The van der Waals surface area contributed by atoms with Gasteiger partial charge in [0.25, 0.3) is 0 Å². The Bertz CT molecular complexity index is 648. The van der Waals surface area contributed by atoms with Crippen molar-refractivity contribution in [3.63, 3.8) is 0 Å². The van der Waals surface area contributed by atoms with Crippen molar-refractivity contribution in [2.75, 3.05) is 19.8 Å². The van der Waals surface area contributed by atoms with Gasteiger partial charge in [-0.05, 0) is 32.1 Å². The third-order valence-electron chi connectivity index (χ3n) is 3.21. The number of hydrogen-bond acceptors (Lipinski definition) is 4. The lowest BCUT2D eigenvalue weighted by molar-refractivity contribution is -0.122. The van der Waals surface area contributed by atoms with Crippen molar-refractivity contribution in [3.8, 4) is 0 Å². The van der Waals surface area contributed by atoms with E-state index in [0.29, 0.717) is 12.4 Å². The molecule has 0 aliphatic heterocycles. The number of hydrogen-bond donors (Lipinski definition) is 2. The van der Waals surface area contributed by atoms with Crippen LogP contribution in [-0.2, 0) is 24.4 Å². The van der Waals surface area contributed by atoms with Crippen LogP contribution < -0.4 is 11.1 Å². The molecule has 0 atom stereocenters. The zero-order valence-electron chi connectivity index (χ0n) is 13.3. The van der Waals surface area contributed by atoms with Crippen LogP contribution in [0.3, 0.4) is 0 Å². The Hall–Kier alpha value is -2.34. The Morgan fingerprint density at radius 3 is 2.68 bits per heavy atom. The zero-order valence-corrected chi connectivity index (χ0v) is 13.3. The van der Waals surface area contributed by atoms with Crippen LogP contribution in [0.25, 0.3) is 0 Å². The molecule has 0 aliphatic carbocycles. The molecule has 3 N–H and O–H groups in total. The molecule has 0 saturated carbocycles. The number of anilines is 1. The van der Waals surface area contributed by atoms with Crippen LogP contribution in [-0.4, -0.2) is 34.7 Å². The van der Waals surface area contributed by atoms with Crippen LogP contribution in [0.4, 0.5) is 5.82 Å². The highest BCUT2D eigenvalue weighted by Crippen LogP contribution is 2.07. The van der Waals surface area contributed by atoms with Gasteiger partial charge in [-0.2, -0.15) is 5.10 Å². The molecule has 0 radical (unpaired) electrons. The Morgan fingerprint density at radius 1 is 1.32 bits per heavy atom. The van der Waals surface area contributed by atoms with E-state index >= 15 is 0 Å². The molecule has 1 aromatic carbocycles. The second-order valence-corrected chi connectivity index (χ2v) is 5.70. The monoisotopic (exact) mass is 301 g/mol. The highest BCUT2D eigenvalue weighted by molar-refractivity contribution is 5.76. The molecule has 0 saturated heterocycles. The van der Waals surface area contributed by atoms with E-state index in [0.717, 1.165) is 17.8 Å². The maximum atomic E-state index is 12.0. The normalized spacial score (nSPS) is 10.9. The van der Waals surface area contributed by atoms with E-state index in [1.54, 1.807) is 6.07 Å². The summed E-state index contributed by atoms with van der Waals surface area (Å²) in [6.07, 6.45) is 0. The summed E-state index contributed by atoms with van der Waals surface area (Å²) in [5, 5.41) is 7.07. The summed E-state index contributed by atoms with van der Waals surface area (Å²) >= 11 is 0. The van der Waals surface area contributed by atoms with Crippen LogP contribution in [0.2, 0.25) is 0 Å². The molecule has 1 aromatic heterocycles. The fourth-order valence-electron chi connectivity index (χ4n) is 2.29. The average Bonchev–Trinajstić information content (AvgIpc) is 2.74. The van der Waals surface area contributed by atoms with Gasteiger partial charge in [0.05, 0.1) is 5.69 Å². The Labute approximate surface area is 130 Å². The third kappa shape index (κ3) is 4.60. The number of nitrogens with one attached hydrogen (secondary N) is 1. The Balaban J connectivity index is 1.89. The van der Waals surface area contributed by atoms with Crippen molar-refractivity contribution in [2.24, 2.45) is 0 Å². The summed E-state index contributed by atoms with van der Waals surface area (Å²) < 4.78 is 1.51. The second kappa shape index (κ2) is 7.09. The molecular formula is C16H23N5O. The van der Waals surface area contributed by atoms with Gasteiger partial charge in [-0.1, -0.05) is 24.3 Å². The fourth-order valence-corrected chi connectivity index (χ4v) is 2.29. The molecular weight excluding hydrogens is 278 g/mol. The first-order chi connectivity index (χ1) is 10.4. The standard InChI is InChI=1S/C16H23N5O/c1-12-7-15(17)21(19-12)11-16(22)18-9-13-5-4-6-14(8-13)10-20(2)3/h4-8H,9-11,17H2,1-3H3,(H,18,22). The van der Waals surface area contributed by atoms with Crippen LogP contribution in [0, 0.1) is 6.92 Å². The molecule has 0 fully saturated rings. The molecule has 22 heavy (non-hydrogen) atoms. The molecule has 0 spiro atoms. The van der Waals surface area contributed by atoms with Crippen LogP contribution in [0.15, 0.2) is 30.3 Å². The number of benzene rings is 1. The zero-order chi connectivity index (χ0) is 16.1. The van der Waals surface area contributed by atoms with Crippen molar-refractivity contribution in [1.29, 1.82) is 0 Å². The van der Waals surface area contributed by atoms with Crippen molar-refractivity contribution in [3.05, 3.63) is 47.2 Å². The summed E-state index contributed by atoms with van der Waals surface area (Å²) in [5.74, 6) is 0.397. The number of nitrogen functional groups attached to an aromatic ring is 1. The minimum atomic E-state index is -0.104. The minimum absolute atomic E-state index is 0.104. The van der Waals surface area contributed by atoms with Crippen molar-refractivity contribution in [1.82, 2.24) is 20.0 Å². The summed E-state index contributed by atoms with van der Waals surface area (Å²) in [7, 11) is 4.07. The summed E-state index contributed by atoms with van der Waals surface area (Å²) in [6.45, 7) is 3.36. The minimum Gasteiger partial charge on any atom is -0.384 e. The molecule has 1 amide bonds. The number of aryl methyl sites for hydroxylation is 1. The molecule has 1 heterocycles. The number of nitrogens with zero attached hydrogens (tertiary/aromatic N) is 3. The molecule has 6 nitrogen and oxygen atoms in total. The topological polar surface area (TPSA) is 76.2 Å². The number of carbonyl (C=O) groups excluding carboxylic acids is 1. The maximum Gasteiger partial charge on any atom is 0.242 e. The number of aromatic nitrogens is 2. The lowest BCUT2D eigenvalue weighted by Crippen LogP contribution is -2.28. The highest BCUT2D eigenvalue weighted by Gasteiger charge is 2.07. The summed E-state index contributed by atoms with van der Waals surface area (Å²) in [5.41, 5.74) is 8.89. The molecule has 0 unspecified atom stereocenters. The predicted octanol–water partition coefficient (Wildman–Crippen LogP) is 1.15. The molecule has 118 valence electrons. The number of amides is 1. The number of carbonyl (C=O) groups is 1. The number of rotatable bonds is 6. The Morgan fingerprint density at radius 2 is 2.05 bits per heavy atom. The lowest BCUT2D eigenvalue weighted by Gasteiger charge is -2.11. The Kier molecular flexibility index (Phi) is 5.16. The van der Waals surface area contributed by atoms with Crippen LogP contribution in [0.1, 0.15) is 16.8 Å². The van der Waals surface area contributed by atoms with Gasteiger partial charge in [-0.15, -0.1) is 0 Å². The SMILES string of the molecule is Cc1cc(N)n(CC(=O)NCc2cccc(CN(C)C)c2)n1. The quantitative estimate of drug-likeness (QED) is 0.839. The first kappa shape index (κ1) is 16.0. The van der Waals surface area contributed by atoms with Crippen molar-refractivity contribution < 1.29 is 4.79 Å². The van der Waals surface area contributed by atoms with Gasteiger partial charge in [0.15, 0.2) is 0 Å². The highest BCUT2D eigenvalue weighted by atomic mass is 16.2. The van der Waals surface area contributed by atoms with Gasteiger partial charge >= 0.3 is 0 Å². The lowest BCUT2D eigenvalue weighted by atomic mass is 10.1. The molecule has 2 rings (SSSR count). The van der Waals surface area contributed by atoms with E-state index in [-0.39, 0.29) is 12.5 Å². The van der Waals surface area contributed by atoms with Crippen LogP contribution >= 0.6 is 0 Å². The average molecular weight is 301 g/mol. The smallest absolute Gasteiger partial charge is 0.242 e. The van der Waals surface area contributed by atoms with E-state index in [1.807, 2.05) is 33.2 Å². The molecule has 6 heteroatoms. The largest absolute Gasteiger partial charge is 0.384 e. The first-order valence-electron chi connectivity index (χ1n) is 7.23. The van der Waals surface area contributed by atoms with E-state index in [9.17, 15) is 4.79 Å². The third-order valence-corrected chi connectivity index (χ3v) is 3.21. The van der Waals surface area contributed by atoms with Gasteiger partial charge in [0.1, 0.15) is 12.4 Å². The molecule has 0 aliphatic rings. The summed E-state index contributed by atoms with van der Waals surface area (Å²) in [4.78, 5) is 14.1. The van der Waals surface area contributed by atoms with E-state index in [2.05, 4.69) is 27.4 Å². The van der Waals surface area contributed by atoms with Gasteiger partial charge in [-0.3, -0.25) is 4.79 Å². The van der Waals surface area contributed by atoms with E-state index < -0.39 is 0 Å². The van der Waals surface area contributed by atoms with Gasteiger partial charge in [0.2, 0.25) is 5.91 Å². The maximum absolute atomic E-state index is 12.0. The van der Waals surface area contributed by atoms with Crippen molar-refractivity contribution >= 4 is 11.7 Å². The first-order valence-corrected chi connectivity index (χ1v) is 7.23. The van der Waals surface area contributed by atoms with Crippen molar-refractivity contribution in [2.45, 2.75) is 26.6 Å². The van der Waals surface area contributed by atoms with E-state index in [1.165, 1.54) is 10.2 Å². The van der Waals surface area contributed by atoms with Crippen LogP contribution in [0.5, 0.6) is 0 Å². The van der Waals surface area contributed by atoms with Gasteiger partial charge in [0, 0.05) is 19.2 Å². The van der Waals surface area contributed by atoms with Gasteiger partial charge in [-0.25, -0.2) is 4.68 Å². The molecule has 0 bridgehead atoms. The molecule has 2 aromatic rings. The van der Waals surface area contributed by atoms with E-state index in [4.69, 9.17) is 5.73 Å². The number of nitrogens with two attached hydrogens (primary N) is 1. The van der Waals surface area contributed by atoms with Gasteiger partial charge < -0.3 is 16.0 Å².